The molecule has 0 bridgehead atoms. The predicted molar refractivity (Wildman–Crippen MR) is 90.3 cm³/mol. The van der Waals surface area contributed by atoms with Crippen LogP contribution >= 0.6 is 0 Å². The van der Waals surface area contributed by atoms with E-state index < -0.39 is 0 Å². The Morgan fingerprint density at radius 2 is 2.17 bits per heavy atom. The summed E-state index contributed by atoms with van der Waals surface area (Å²) in [6, 6.07) is 0. The van der Waals surface area contributed by atoms with E-state index in [2.05, 4.69) is 18.3 Å². The molecule has 0 unspecified atom stereocenters. The van der Waals surface area contributed by atoms with Crippen molar-refractivity contribution >= 4 is 11.8 Å². The number of ether oxygens (including phenoxy) is 1. The quantitative estimate of drug-likeness (QED) is 0.464. The van der Waals surface area contributed by atoms with Gasteiger partial charge in [-0.2, -0.15) is 0 Å². The first kappa shape index (κ1) is 17.0. The summed E-state index contributed by atoms with van der Waals surface area (Å²) >= 11 is 0. The van der Waals surface area contributed by atoms with E-state index in [0.717, 1.165) is 19.3 Å². The monoisotopic (exact) mass is 313 g/mol. The lowest BCUT2D eigenvalue weighted by Gasteiger charge is -2.17. The van der Waals surface area contributed by atoms with Gasteiger partial charge >= 0.3 is 5.97 Å². The molecule has 4 heteroatoms. The maximum Gasteiger partial charge on any atom is 0.355 e. The van der Waals surface area contributed by atoms with Crippen LogP contribution in [0.1, 0.15) is 33.1 Å². The van der Waals surface area contributed by atoms with Crippen molar-refractivity contribution in [1.29, 1.82) is 0 Å². The lowest BCUT2D eigenvalue weighted by atomic mass is 9.88. The van der Waals surface area contributed by atoms with Crippen LogP contribution in [0.5, 0.6) is 0 Å². The summed E-state index contributed by atoms with van der Waals surface area (Å²) in [4.78, 5) is 23.7. The minimum atomic E-state index is -0.386. The standard InChI is InChI=1S/C19H23NO3/c1-3-4-5-6-7-9-15-10-8-11-18(21)16(15)13-20-17-12-14(2)23-19(17)22/h5-9,11-15,20H,3-4,10H2,1-2H3/b6-5+,9-7+,16-13?/t14-,15+/m1/s1. The first-order chi connectivity index (χ1) is 11.1. The van der Waals surface area contributed by atoms with Gasteiger partial charge in [-0.15, -0.1) is 0 Å². The van der Waals surface area contributed by atoms with Gasteiger partial charge in [0.05, 0.1) is 0 Å². The summed E-state index contributed by atoms with van der Waals surface area (Å²) < 4.78 is 5.02. The molecule has 0 spiro atoms. The zero-order valence-electron chi connectivity index (χ0n) is 13.6. The lowest BCUT2D eigenvalue weighted by Crippen LogP contribution is -2.19. The summed E-state index contributed by atoms with van der Waals surface area (Å²) in [5, 5.41) is 2.92. The van der Waals surface area contributed by atoms with Crippen molar-refractivity contribution in [3.8, 4) is 0 Å². The van der Waals surface area contributed by atoms with Crippen molar-refractivity contribution < 1.29 is 14.3 Å². The van der Waals surface area contributed by atoms with Gasteiger partial charge in [-0.1, -0.05) is 43.7 Å². The largest absolute Gasteiger partial charge is 0.454 e. The van der Waals surface area contributed by atoms with Crippen molar-refractivity contribution in [3.63, 3.8) is 0 Å². The normalized spacial score (nSPS) is 26.3. The maximum absolute atomic E-state index is 12.1. The highest BCUT2D eigenvalue weighted by molar-refractivity contribution is 6.05. The highest BCUT2D eigenvalue weighted by atomic mass is 16.5. The van der Waals surface area contributed by atoms with Gasteiger partial charge in [0.1, 0.15) is 11.8 Å². The molecule has 0 aromatic rings. The Morgan fingerprint density at radius 1 is 1.35 bits per heavy atom. The molecule has 0 aromatic carbocycles. The van der Waals surface area contributed by atoms with E-state index in [4.69, 9.17) is 4.74 Å². The zero-order valence-corrected chi connectivity index (χ0v) is 13.6. The van der Waals surface area contributed by atoms with E-state index >= 15 is 0 Å². The molecule has 0 amide bonds. The number of carbonyl (C=O) groups excluding carboxylic acids is 2. The van der Waals surface area contributed by atoms with Gasteiger partial charge in [0.15, 0.2) is 5.78 Å². The van der Waals surface area contributed by atoms with Crippen LogP contribution in [0.15, 0.2) is 60.0 Å². The van der Waals surface area contributed by atoms with Crippen LogP contribution in [0.25, 0.3) is 0 Å². The van der Waals surface area contributed by atoms with Gasteiger partial charge < -0.3 is 10.1 Å². The highest BCUT2D eigenvalue weighted by Crippen LogP contribution is 2.23. The van der Waals surface area contributed by atoms with Crippen LogP contribution < -0.4 is 5.32 Å². The highest BCUT2D eigenvalue weighted by Gasteiger charge is 2.23. The third kappa shape index (κ3) is 4.81. The molecule has 0 saturated carbocycles. The number of hydrogen-bond acceptors (Lipinski definition) is 4. The Bertz CT molecular complexity index is 608. The minimum absolute atomic E-state index is 0.0155. The molecule has 2 atom stereocenters. The summed E-state index contributed by atoms with van der Waals surface area (Å²) in [7, 11) is 0. The fraction of sp³-hybridized carbons (Fsp3) is 0.368. The average molecular weight is 313 g/mol. The number of allylic oxidation sites excluding steroid dienone is 7. The molecule has 4 nitrogen and oxygen atoms in total. The molecule has 0 radical (unpaired) electrons. The molecule has 2 aliphatic rings. The number of rotatable bonds is 6. The van der Waals surface area contributed by atoms with Crippen LogP contribution in [0.3, 0.4) is 0 Å². The molecule has 0 saturated heterocycles. The maximum atomic E-state index is 12.1. The molecule has 23 heavy (non-hydrogen) atoms. The molecular formula is C19H23NO3. The fourth-order valence-electron chi connectivity index (χ4n) is 2.46. The first-order valence-electron chi connectivity index (χ1n) is 8.05. The van der Waals surface area contributed by atoms with Crippen molar-refractivity contribution in [3.05, 3.63) is 60.0 Å². The van der Waals surface area contributed by atoms with Gasteiger partial charge in [0.2, 0.25) is 0 Å². The lowest BCUT2D eigenvalue weighted by molar-refractivity contribution is -0.139. The predicted octanol–water partition coefficient (Wildman–Crippen LogP) is 3.35. The number of nitrogens with one attached hydrogen (secondary N) is 1. The van der Waals surface area contributed by atoms with E-state index in [1.54, 1.807) is 25.3 Å². The molecule has 0 fully saturated rings. The van der Waals surface area contributed by atoms with Crippen LogP contribution in [0.4, 0.5) is 0 Å². The zero-order chi connectivity index (χ0) is 16.7. The minimum Gasteiger partial charge on any atom is -0.454 e. The Morgan fingerprint density at radius 3 is 2.87 bits per heavy atom. The smallest absolute Gasteiger partial charge is 0.355 e. The van der Waals surface area contributed by atoms with Crippen LogP contribution in [-0.2, 0) is 14.3 Å². The fourth-order valence-corrected chi connectivity index (χ4v) is 2.46. The van der Waals surface area contributed by atoms with E-state index in [9.17, 15) is 9.59 Å². The number of ketones is 1. The molecule has 1 heterocycles. The second kappa shape index (κ2) is 8.32. The van der Waals surface area contributed by atoms with Gasteiger partial charge in [-0.25, -0.2) is 4.79 Å². The summed E-state index contributed by atoms with van der Waals surface area (Å²) in [5.74, 6) is -0.402. The third-order valence-electron chi connectivity index (χ3n) is 3.69. The second-order valence-corrected chi connectivity index (χ2v) is 5.65. The number of carbonyl (C=O) groups is 2. The van der Waals surface area contributed by atoms with Crippen molar-refractivity contribution in [2.75, 3.05) is 0 Å². The van der Waals surface area contributed by atoms with Crippen molar-refractivity contribution in [2.24, 2.45) is 5.92 Å². The Labute approximate surface area is 137 Å². The van der Waals surface area contributed by atoms with E-state index in [0.29, 0.717) is 11.3 Å². The SMILES string of the molecule is CCC/C=C/C=C/[C@H]1CC=CC(=O)C1=CNC1=C[C@@H](C)OC1=O. The van der Waals surface area contributed by atoms with Gasteiger partial charge in [0.25, 0.3) is 0 Å². The Balaban J connectivity index is 2.07. The van der Waals surface area contributed by atoms with Crippen molar-refractivity contribution in [2.45, 2.75) is 39.2 Å². The third-order valence-corrected chi connectivity index (χ3v) is 3.69. The summed E-state index contributed by atoms with van der Waals surface area (Å²) in [6.07, 6.45) is 17.6. The van der Waals surface area contributed by atoms with Crippen molar-refractivity contribution in [1.82, 2.24) is 5.32 Å². The molecule has 2 rings (SSSR count). The number of hydrogen-bond donors (Lipinski definition) is 1. The Kier molecular flexibility index (Phi) is 6.15. The van der Waals surface area contributed by atoms with Gasteiger partial charge in [-0.3, -0.25) is 4.79 Å². The number of cyclic esters (lactones) is 1. The molecular weight excluding hydrogens is 290 g/mol. The summed E-state index contributed by atoms with van der Waals surface area (Å²) in [5.41, 5.74) is 1.04. The average Bonchev–Trinajstić information content (AvgIpc) is 2.84. The summed E-state index contributed by atoms with van der Waals surface area (Å²) in [6.45, 7) is 3.93. The topological polar surface area (TPSA) is 55.4 Å². The van der Waals surface area contributed by atoms with E-state index in [-0.39, 0.29) is 23.8 Å². The van der Waals surface area contributed by atoms with Crippen LogP contribution in [0.2, 0.25) is 0 Å². The van der Waals surface area contributed by atoms with E-state index in [1.165, 1.54) is 0 Å². The van der Waals surface area contributed by atoms with Crippen LogP contribution in [0, 0.1) is 5.92 Å². The van der Waals surface area contributed by atoms with Gasteiger partial charge in [-0.05, 0) is 31.9 Å². The first-order valence-corrected chi connectivity index (χ1v) is 8.05. The molecule has 122 valence electrons. The molecule has 1 aliphatic heterocycles. The van der Waals surface area contributed by atoms with E-state index in [1.807, 2.05) is 24.3 Å². The second-order valence-electron chi connectivity index (χ2n) is 5.65. The Hall–Kier alpha value is -2.36. The number of unbranched alkanes of at least 4 members (excludes halogenated alkanes) is 1. The number of esters is 1. The molecule has 1 aliphatic carbocycles. The molecule has 0 aromatic heterocycles. The van der Waals surface area contributed by atoms with Crippen LogP contribution in [-0.4, -0.2) is 17.9 Å². The van der Waals surface area contributed by atoms with Gasteiger partial charge in [0, 0.05) is 17.7 Å². The molecule has 1 N–H and O–H groups in total.